The number of amides is 2. The highest BCUT2D eigenvalue weighted by molar-refractivity contribution is 5.99. The highest BCUT2D eigenvalue weighted by Crippen LogP contribution is 2.49. The SMILES string of the molecule is CC1[C@H](O)[C@]2(CC[C@H](C)N3C[C@H]2n2cc(C(N)=O)c(=O)c(OCc4ccccc4)c2C3=O)ON1Cc1ccc(F)cc1F. The molecule has 1 unspecified atom stereocenters. The molecule has 12 heteroatoms. The van der Waals surface area contributed by atoms with E-state index in [1.54, 1.807) is 36.1 Å². The average molecular weight is 595 g/mol. The first-order chi connectivity index (χ1) is 20.5. The Bertz CT molecular complexity index is 1650. The normalized spacial score (nSPS) is 26.8. The summed E-state index contributed by atoms with van der Waals surface area (Å²) in [7, 11) is 0. The largest absolute Gasteiger partial charge is 0.483 e. The second-order valence-corrected chi connectivity index (χ2v) is 11.5. The van der Waals surface area contributed by atoms with Gasteiger partial charge in [0.1, 0.15) is 35.5 Å². The predicted molar refractivity (Wildman–Crippen MR) is 150 cm³/mol. The Balaban J connectivity index is 1.47. The van der Waals surface area contributed by atoms with Crippen molar-refractivity contribution in [2.75, 3.05) is 6.54 Å². The number of nitrogens with zero attached hydrogens (tertiary/aromatic N) is 3. The number of aromatic nitrogens is 1. The number of hydrogen-bond acceptors (Lipinski definition) is 7. The summed E-state index contributed by atoms with van der Waals surface area (Å²) in [5.41, 5.74) is 3.95. The molecule has 0 radical (unpaired) electrons. The van der Waals surface area contributed by atoms with Gasteiger partial charge in [-0.05, 0) is 38.3 Å². The highest BCUT2D eigenvalue weighted by Gasteiger charge is 2.61. The fraction of sp³-hybridized carbons (Fsp3) is 0.387. The van der Waals surface area contributed by atoms with E-state index in [-0.39, 0.29) is 48.3 Å². The summed E-state index contributed by atoms with van der Waals surface area (Å²) in [4.78, 5) is 48.1. The maximum Gasteiger partial charge on any atom is 0.274 e. The van der Waals surface area contributed by atoms with Gasteiger partial charge in [-0.3, -0.25) is 19.2 Å². The van der Waals surface area contributed by atoms with Crippen LogP contribution in [0, 0.1) is 11.6 Å². The van der Waals surface area contributed by atoms with Crippen LogP contribution in [0.2, 0.25) is 0 Å². The highest BCUT2D eigenvalue weighted by atomic mass is 19.1. The molecular formula is C31H32F2N4O6. The molecule has 6 rings (SSSR count). The summed E-state index contributed by atoms with van der Waals surface area (Å²) in [6.07, 6.45) is 0.871. The number of hydrogen-bond donors (Lipinski definition) is 2. The van der Waals surface area contributed by atoms with Crippen molar-refractivity contribution in [1.82, 2.24) is 14.5 Å². The van der Waals surface area contributed by atoms with E-state index in [4.69, 9.17) is 15.3 Å². The number of rotatable bonds is 6. The molecule has 5 atom stereocenters. The third-order valence-corrected chi connectivity index (χ3v) is 8.94. The van der Waals surface area contributed by atoms with E-state index in [2.05, 4.69) is 0 Å². The molecule has 10 nitrogen and oxygen atoms in total. The maximum atomic E-state index is 14.6. The minimum atomic E-state index is -1.34. The Morgan fingerprint density at radius 2 is 1.91 bits per heavy atom. The molecular weight excluding hydrogens is 562 g/mol. The summed E-state index contributed by atoms with van der Waals surface area (Å²) >= 11 is 0. The van der Waals surface area contributed by atoms with E-state index in [1.807, 2.05) is 13.0 Å². The zero-order valence-electron chi connectivity index (χ0n) is 23.7. The van der Waals surface area contributed by atoms with Crippen molar-refractivity contribution in [3.63, 3.8) is 0 Å². The van der Waals surface area contributed by atoms with Crippen molar-refractivity contribution in [3.8, 4) is 5.75 Å². The van der Waals surface area contributed by atoms with Crippen LogP contribution in [0.3, 0.4) is 0 Å². The average Bonchev–Trinajstić information content (AvgIpc) is 3.13. The summed E-state index contributed by atoms with van der Waals surface area (Å²) in [5, 5.41) is 13.2. The van der Waals surface area contributed by atoms with E-state index in [9.17, 15) is 28.3 Å². The molecule has 0 aliphatic carbocycles. The molecule has 2 bridgehead atoms. The molecule has 43 heavy (non-hydrogen) atoms. The van der Waals surface area contributed by atoms with Gasteiger partial charge in [-0.25, -0.2) is 8.78 Å². The van der Waals surface area contributed by atoms with Gasteiger partial charge in [-0.15, -0.1) is 0 Å². The molecule has 2 amide bonds. The van der Waals surface area contributed by atoms with Crippen molar-refractivity contribution >= 4 is 11.8 Å². The van der Waals surface area contributed by atoms with Crippen molar-refractivity contribution in [3.05, 3.63) is 99.0 Å². The summed E-state index contributed by atoms with van der Waals surface area (Å²) in [6.45, 7) is 3.59. The second-order valence-electron chi connectivity index (χ2n) is 11.5. The number of hydroxylamine groups is 2. The van der Waals surface area contributed by atoms with Gasteiger partial charge in [0.25, 0.3) is 11.8 Å². The number of fused-ring (bicyclic) bond motifs is 5. The number of pyridine rings is 1. The van der Waals surface area contributed by atoms with Crippen molar-refractivity contribution in [1.29, 1.82) is 0 Å². The van der Waals surface area contributed by atoms with Crippen LogP contribution in [0.5, 0.6) is 5.75 Å². The quantitative estimate of drug-likeness (QED) is 0.449. The number of ether oxygens (including phenoxy) is 1. The van der Waals surface area contributed by atoms with Crippen molar-refractivity contribution < 1.29 is 33.1 Å². The lowest BCUT2D eigenvalue weighted by Gasteiger charge is -2.44. The number of nitrogens with two attached hydrogens (primary N) is 1. The van der Waals surface area contributed by atoms with Crippen LogP contribution in [0.25, 0.3) is 0 Å². The Morgan fingerprint density at radius 1 is 1.16 bits per heavy atom. The Hall–Kier alpha value is -4.13. The second kappa shape index (κ2) is 10.9. The number of halogens is 2. The lowest BCUT2D eigenvalue weighted by molar-refractivity contribution is -0.232. The fourth-order valence-corrected chi connectivity index (χ4v) is 6.49. The van der Waals surface area contributed by atoms with Crippen molar-refractivity contribution in [2.45, 2.75) is 69.7 Å². The minimum absolute atomic E-state index is 0.0445. The maximum absolute atomic E-state index is 14.6. The summed E-state index contributed by atoms with van der Waals surface area (Å²) in [5.74, 6) is -3.22. The van der Waals surface area contributed by atoms with E-state index >= 15 is 0 Å². The lowest BCUT2D eigenvalue weighted by Crippen LogP contribution is -2.56. The molecule has 226 valence electrons. The molecule has 2 aromatic carbocycles. The summed E-state index contributed by atoms with van der Waals surface area (Å²) < 4.78 is 35.6. The number of carbonyl (C=O) groups is 2. The third-order valence-electron chi connectivity index (χ3n) is 8.94. The van der Waals surface area contributed by atoms with Crippen LogP contribution in [-0.4, -0.2) is 61.8 Å². The summed E-state index contributed by atoms with van der Waals surface area (Å²) in [6, 6.07) is 10.6. The third kappa shape index (κ3) is 4.79. The molecule has 4 heterocycles. The fourth-order valence-electron chi connectivity index (χ4n) is 6.49. The van der Waals surface area contributed by atoms with Gasteiger partial charge in [-0.1, -0.05) is 36.4 Å². The first kappa shape index (κ1) is 29.0. The van der Waals surface area contributed by atoms with Crippen LogP contribution in [-0.2, 0) is 18.0 Å². The lowest BCUT2D eigenvalue weighted by atomic mass is 9.81. The van der Waals surface area contributed by atoms with Crippen LogP contribution in [0.1, 0.15) is 64.7 Å². The van der Waals surface area contributed by atoms with Gasteiger partial charge in [0.15, 0.2) is 11.4 Å². The number of carbonyl (C=O) groups excluding carboxylic acids is 2. The Labute approximate surface area is 246 Å². The molecule has 2 saturated heterocycles. The Kier molecular flexibility index (Phi) is 7.31. The topological polar surface area (TPSA) is 127 Å². The first-order valence-electron chi connectivity index (χ1n) is 14.2. The number of primary amides is 1. The smallest absolute Gasteiger partial charge is 0.274 e. The standard InChI is InChI=1S/C31H32F2N4O6/c1-17-10-11-31(28(39)18(2)37(43-31)13-20-8-9-21(32)12-23(20)33)24-15-35(17)30(41)25-27(42-16-19-6-4-3-5-7-19)26(38)22(29(34)40)14-36(24)25/h3-9,12,14,17-18,24,28,39H,10-11,13,15-16H2,1-2H3,(H2,34,40)/t17-,18?,24+,28-,31+/m0/s1. The molecule has 3 aliphatic heterocycles. The minimum Gasteiger partial charge on any atom is -0.483 e. The molecule has 3 aliphatic rings. The number of aliphatic hydroxyl groups is 1. The van der Waals surface area contributed by atoms with E-state index in [0.717, 1.165) is 17.7 Å². The van der Waals surface area contributed by atoms with Gasteiger partial charge in [0.2, 0.25) is 5.43 Å². The number of aliphatic hydroxyl groups excluding tert-OH is 1. The van der Waals surface area contributed by atoms with Gasteiger partial charge < -0.3 is 25.0 Å². The zero-order valence-corrected chi connectivity index (χ0v) is 23.7. The van der Waals surface area contributed by atoms with Crippen LogP contribution < -0.4 is 15.9 Å². The monoisotopic (exact) mass is 594 g/mol. The van der Waals surface area contributed by atoms with Gasteiger partial charge in [-0.2, -0.15) is 5.06 Å². The van der Waals surface area contributed by atoms with Crippen molar-refractivity contribution in [2.24, 2.45) is 5.73 Å². The molecule has 3 aromatic rings. The van der Waals surface area contributed by atoms with E-state index in [0.29, 0.717) is 12.8 Å². The van der Waals surface area contributed by atoms with Crippen LogP contribution in [0.4, 0.5) is 8.78 Å². The first-order valence-corrected chi connectivity index (χ1v) is 14.2. The zero-order chi connectivity index (χ0) is 30.6. The van der Waals surface area contributed by atoms with Gasteiger partial charge in [0, 0.05) is 30.4 Å². The Morgan fingerprint density at radius 3 is 2.60 bits per heavy atom. The molecule has 3 N–H and O–H groups in total. The van der Waals surface area contributed by atoms with E-state index < -0.39 is 52.7 Å². The predicted octanol–water partition coefficient (Wildman–Crippen LogP) is 2.92. The molecule has 0 saturated carbocycles. The van der Waals surface area contributed by atoms with Crippen LogP contribution in [0.15, 0.2) is 59.5 Å². The van der Waals surface area contributed by atoms with Gasteiger partial charge >= 0.3 is 0 Å². The number of benzene rings is 2. The molecule has 1 spiro atoms. The van der Waals surface area contributed by atoms with Crippen LogP contribution >= 0.6 is 0 Å². The molecule has 1 aromatic heterocycles. The molecule has 2 fully saturated rings. The van der Waals surface area contributed by atoms with E-state index in [1.165, 1.54) is 21.9 Å². The van der Waals surface area contributed by atoms with Gasteiger partial charge in [0.05, 0.1) is 18.6 Å².